The molecule has 0 amide bonds. The van der Waals surface area contributed by atoms with Crippen LogP contribution in [-0.4, -0.2) is 32.8 Å². The number of aromatic nitrogens is 3. The number of halogens is 1. The molecule has 0 N–H and O–H groups in total. The lowest BCUT2D eigenvalue weighted by Crippen LogP contribution is -2.30. The van der Waals surface area contributed by atoms with Crippen molar-refractivity contribution in [1.29, 1.82) is 0 Å². The van der Waals surface area contributed by atoms with Gasteiger partial charge in [0.2, 0.25) is 0 Å². The zero-order valence-electron chi connectivity index (χ0n) is 16.8. The molecule has 0 bridgehead atoms. The summed E-state index contributed by atoms with van der Waals surface area (Å²) in [6.07, 6.45) is 3.89. The van der Waals surface area contributed by atoms with E-state index in [9.17, 15) is 0 Å². The van der Waals surface area contributed by atoms with E-state index in [1.54, 1.807) is 11.8 Å². The number of hydrogen-bond acceptors (Lipinski definition) is 4. The highest BCUT2D eigenvalue weighted by Crippen LogP contribution is 2.37. The molecule has 1 aromatic heterocycles. The molecule has 1 atom stereocenters. The van der Waals surface area contributed by atoms with Crippen LogP contribution in [0.15, 0.2) is 59.8 Å². The van der Waals surface area contributed by atoms with Crippen LogP contribution in [-0.2, 0) is 13.1 Å². The quantitative estimate of drug-likeness (QED) is 0.446. The van der Waals surface area contributed by atoms with Gasteiger partial charge in [0.15, 0.2) is 5.16 Å². The fraction of sp³-hybridized carbons (Fsp3) is 0.391. The lowest BCUT2D eigenvalue weighted by Gasteiger charge is -2.26. The lowest BCUT2D eigenvalue weighted by molar-refractivity contribution is 0.213. The summed E-state index contributed by atoms with van der Waals surface area (Å²) in [5.74, 6) is 1.05. The van der Waals surface area contributed by atoms with Gasteiger partial charge in [-0.15, -0.1) is 10.2 Å². The zero-order chi connectivity index (χ0) is 20.1. The normalized spacial score (nSPS) is 16.1. The molecule has 6 heteroatoms. The summed E-state index contributed by atoms with van der Waals surface area (Å²) >= 11 is 8.15. The first-order valence-electron chi connectivity index (χ1n) is 10.3. The molecule has 1 fully saturated rings. The van der Waals surface area contributed by atoms with Crippen molar-refractivity contribution < 1.29 is 0 Å². The first-order chi connectivity index (χ1) is 14.2. The van der Waals surface area contributed by atoms with Crippen LogP contribution < -0.4 is 0 Å². The van der Waals surface area contributed by atoms with E-state index in [1.165, 1.54) is 24.8 Å². The van der Waals surface area contributed by atoms with Gasteiger partial charge in [-0.25, -0.2) is 0 Å². The third-order valence-corrected chi connectivity index (χ3v) is 6.88. The number of likely N-dealkylation sites (tertiary alicyclic amines) is 1. The summed E-state index contributed by atoms with van der Waals surface area (Å²) < 4.78 is 2.28. The Hall–Kier alpha value is -1.82. The van der Waals surface area contributed by atoms with Gasteiger partial charge in [0.25, 0.3) is 0 Å². The van der Waals surface area contributed by atoms with Crippen molar-refractivity contribution in [2.24, 2.45) is 0 Å². The monoisotopic (exact) mass is 426 g/mol. The predicted octanol–water partition coefficient (Wildman–Crippen LogP) is 5.82. The minimum atomic E-state index is 0.199. The Balaban J connectivity index is 1.59. The molecule has 3 aromatic rings. The molecule has 29 heavy (non-hydrogen) atoms. The topological polar surface area (TPSA) is 34.0 Å². The van der Waals surface area contributed by atoms with Crippen molar-refractivity contribution in [2.75, 3.05) is 13.1 Å². The molecule has 152 valence electrons. The molecule has 1 unspecified atom stereocenters. The Morgan fingerprint density at radius 2 is 1.66 bits per heavy atom. The summed E-state index contributed by atoms with van der Waals surface area (Å²) in [6, 6.07) is 18.6. The van der Waals surface area contributed by atoms with E-state index in [-0.39, 0.29) is 5.25 Å². The Morgan fingerprint density at radius 3 is 2.41 bits per heavy atom. The summed E-state index contributed by atoms with van der Waals surface area (Å²) in [5, 5.41) is 11.1. The van der Waals surface area contributed by atoms with Gasteiger partial charge in [0, 0.05) is 10.3 Å². The number of thioether (sulfide) groups is 1. The summed E-state index contributed by atoms with van der Waals surface area (Å²) in [5.41, 5.74) is 2.39. The number of piperidine rings is 1. The predicted molar refractivity (Wildman–Crippen MR) is 120 cm³/mol. The fourth-order valence-corrected chi connectivity index (χ4v) is 5.19. The average molecular weight is 427 g/mol. The van der Waals surface area contributed by atoms with Crippen LogP contribution in [0, 0.1) is 0 Å². The van der Waals surface area contributed by atoms with E-state index >= 15 is 0 Å². The van der Waals surface area contributed by atoms with Gasteiger partial charge in [-0.2, -0.15) is 0 Å². The van der Waals surface area contributed by atoms with E-state index in [0.29, 0.717) is 0 Å². The van der Waals surface area contributed by atoms with Crippen molar-refractivity contribution >= 4 is 23.4 Å². The second-order valence-electron chi connectivity index (χ2n) is 7.59. The van der Waals surface area contributed by atoms with Crippen LogP contribution in [0.4, 0.5) is 0 Å². The van der Waals surface area contributed by atoms with E-state index in [0.717, 1.165) is 47.7 Å². The van der Waals surface area contributed by atoms with Crippen molar-refractivity contribution in [1.82, 2.24) is 19.7 Å². The van der Waals surface area contributed by atoms with Crippen molar-refractivity contribution in [3.8, 4) is 0 Å². The standard InChI is InChI=1S/C23H27ClN4S/c1-18(20-12-6-7-13-21(20)24)29-23-26-25-22(17-27-14-8-3-9-15-27)28(23)16-19-10-4-2-5-11-19/h2,4-7,10-13,18H,3,8-9,14-17H2,1H3. The average Bonchev–Trinajstić information content (AvgIpc) is 3.10. The smallest absolute Gasteiger partial charge is 0.192 e. The minimum Gasteiger partial charge on any atom is -0.300 e. The lowest BCUT2D eigenvalue weighted by atomic mass is 10.1. The highest BCUT2D eigenvalue weighted by atomic mass is 35.5. The maximum absolute atomic E-state index is 6.43. The Morgan fingerprint density at radius 1 is 0.931 bits per heavy atom. The molecule has 0 saturated carbocycles. The third kappa shape index (κ3) is 5.21. The molecule has 0 radical (unpaired) electrons. The molecule has 4 rings (SSSR count). The molecular weight excluding hydrogens is 400 g/mol. The van der Waals surface area contributed by atoms with E-state index in [1.807, 2.05) is 18.2 Å². The third-order valence-electron chi connectivity index (χ3n) is 5.42. The van der Waals surface area contributed by atoms with Crippen molar-refractivity contribution in [3.63, 3.8) is 0 Å². The van der Waals surface area contributed by atoms with Crippen LogP contribution in [0.5, 0.6) is 0 Å². The van der Waals surface area contributed by atoms with E-state index in [2.05, 4.69) is 63.0 Å². The highest BCUT2D eigenvalue weighted by Gasteiger charge is 2.20. The Kier molecular flexibility index (Phi) is 6.90. The molecule has 2 heterocycles. The zero-order valence-corrected chi connectivity index (χ0v) is 18.4. The van der Waals surface area contributed by atoms with Crippen LogP contribution in [0.2, 0.25) is 5.02 Å². The summed E-state index contributed by atoms with van der Waals surface area (Å²) in [4.78, 5) is 2.50. The fourth-order valence-electron chi connectivity index (χ4n) is 3.79. The van der Waals surface area contributed by atoms with Gasteiger partial charge >= 0.3 is 0 Å². The van der Waals surface area contributed by atoms with Gasteiger partial charge in [-0.05, 0) is 50.0 Å². The number of nitrogens with zero attached hydrogens (tertiary/aromatic N) is 4. The molecule has 2 aromatic carbocycles. The maximum atomic E-state index is 6.43. The van der Waals surface area contributed by atoms with Crippen LogP contribution >= 0.6 is 23.4 Å². The second kappa shape index (κ2) is 9.79. The number of hydrogen-bond donors (Lipinski definition) is 0. The maximum Gasteiger partial charge on any atom is 0.192 e. The van der Waals surface area contributed by atoms with Crippen molar-refractivity contribution in [2.45, 2.75) is 49.7 Å². The van der Waals surface area contributed by atoms with Crippen LogP contribution in [0.25, 0.3) is 0 Å². The van der Waals surface area contributed by atoms with Gasteiger partial charge in [0.05, 0.1) is 13.1 Å². The van der Waals surface area contributed by atoms with Crippen molar-refractivity contribution in [3.05, 3.63) is 76.6 Å². The molecular formula is C23H27ClN4S. The molecule has 0 spiro atoms. The first kappa shape index (κ1) is 20.5. The van der Waals surface area contributed by atoms with Gasteiger partial charge in [-0.3, -0.25) is 4.90 Å². The number of benzene rings is 2. The second-order valence-corrected chi connectivity index (χ2v) is 9.30. The Labute approximate surface area is 182 Å². The SMILES string of the molecule is CC(Sc1nnc(CN2CCCCC2)n1Cc1ccccc1)c1ccccc1Cl. The van der Waals surface area contributed by atoms with E-state index < -0.39 is 0 Å². The summed E-state index contributed by atoms with van der Waals surface area (Å²) in [7, 11) is 0. The largest absolute Gasteiger partial charge is 0.300 e. The number of rotatable bonds is 7. The van der Waals surface area contributed by atoms with Crippen LogP contribution in [0.1, 0.15) is 48.4 Å². The van der Waals surface area contributed by atoms with E-state index in [4.69, 9.17) is 11.6 Å². The molecule has 4 nitrogen and oxygen atoms in total. The minimum absolute atomic E-state index is 0.199. The van der Waals surface area contributed by atoms with Crippen LogP contribution in [0.3, 0.4) is 0 Å². The molecule has 1 aliphatic heterocycles. The van der Waals surface area contributed by atoms with Gasteiger partial charge < -0.3 is 4.57 Å². The van der Waals surface area contributed by atoms with Gasteiger partial charge in [-0.1, -0.05) is 78.3 Å². The Bertz CT molecular complexity index is 922. The van der Waals surface area contributed by atoms with Gasteiger partial charge in [0.1, 0.15) is 5.82 Å². The highest BCUT2D eigenvalue weighted by molar-refractivity contribution is 7.99. The molecule has 1 aliphatic rings. The molecule has 1 saturated heterocycles. The summed E-state index contributed by atoms with van der Waals surface area (Å²) in [6.45, 7) is 6.13. The first-order valence-corrected chi connectivity index (χ1v) is 11.6. The molecule has 0 aliphatic carbocycles.